The second-order valence-electron chi connectivity index (χ2n) is 2.46. The topological polar surface area (TPSA) is 26.3 Å². The highest BCUT2D eigenvalue weighted by Crippen LogP contribution is 2.06. The summed E-state index contributed by atoms with van der Waals surface area (Å²) >= 11 is 0. The Morgan fingerprint density at radius 3 is 2.75 bits per heavy atom. The molecule has 0 amide bonds. The van der Waals surface area contributed by atoms with Gasteiger partial charge in [-0.25, -0.2) is 0 Å². The van der Waals surface area contributed by atoms with Crippen LogP contribution in [0.15, 0.2) is 0 Å². The third-order valence-electron chi connectivity index (χ3n) is 1.41. The average molecular weight is 177 g/mol. The number of ether oxygens (including phenoxy) is 1. The largest absolute Gasteiger partial charge is 0.469 e. The Balaban J connectivity index is 4.68. The summed E-state index contributed by atoms with van der Waals surface area (Å²) in [5.74, 6) is -1.27. The first-order valence-electron chi connectivity index (χ1n) is 6.80. The molecule has 0 aromatic heterocycles. The molecule has 0 aliphatic rings. The van der Waals surface area contributed by atoms with Crippen molar-refractivity contribution in [2.45, 2.75) is 51.7 Å². The number of unbranched alkanes of at least 4 members (excludes halogenated alkanes) is 2. The van der Waals surface area contributed by atoms with Crippen LogP contribution in [0.5, 0.6) is 0 Å². The molecule has 0 fully saturated rings. The highest BCUT2D eigenvalue weighted by atomic mass is 16.5. The molecule has 0 saturated heterocycles. The van der Waals surface area contributed by atoms with Crippen molar-refractivity contribution < 1.29 is 16.4 Å². The summed E-state index contributed by atoms with van der Waals surface area (Å²) < 4.78 is 42.0. The van der Waals surface area contributed by atoms with Gasteiger partial charge >= 0.3 is 5.97 Å². The molecular weight excluding hydrogens is 152 g/mol. The molecule has 0 radical (unpaired) electrons. The van der Waals surface area contributed by atoms with E-state index in [9.17, 15) is 4.79 Å². The van der Waals surface area contributed by atoms with E-state index < -0.39 is 25.1 Å². The molecule has 0 aliphatic carbocycles. The van der Waals surface area contributed by atoms with Crippen LogP contribution in [0.3, 0.4) is 0 Å². The third-order valence-corrected chi connectivity index (χ3v) is 1.41. The molecule has 0 spiro atoms. The quantitative estimate of drug-likeness (QED) is 0.441. The Labute approximate surface area is 82.3 Å². The van der Waals surface area contributed by atoms with E-state index in [4.69, 9.17) is 6.85 Å². The first-order chi connectivity index (χ1) is 7.71. The highest BCUT2D eigenvalue weighted by Gasteiger charge is 1.98. The van der Waals surface area contributed by atoms with E-state index in [1.54, 1.807) is 0 Å². The summed E-state index contributed by atoms with van der Waals surface area (Å²) in [4.78, 5) is 11.2. The molecule has 1 atom stereocenters. The second-order valence-corrected chi connectivity index (χ2v) is 2.46. The minimum atomic E-state index is -2.79. The SMILES string of the molecule is [2H]C(CCCCC)C([2H])([2H])C([2H])([2H])C(=O)OC. The van der Waals surface area contributed by atoms with Gasteiger partial charge in [0.05, 0.1) is 7.11 Å². The monoisotopic (exact) mass is 177 g/mol. The Hall–Kier alpha value is -0.530. The molecule has 0 aliphatic heterocycles. The fourth-order valence-corrected chi connectivity index (χ4v) is 0.730. The van der Waals surface area contributed by atoms with Crippen molar-refractivity contribution in [3.8, 4) is 0 Å². The van der Waals surface area contributed by atoms with Gasteiger partial charge in [-0.15, -0.1) is 0 Å². The molecule has 72 valence electrons. The predicted molar refractivity (Wildman–Crippen MR) is 50.0 cm³/mol. The molecule has 0 N–H and O–H groups in total. The van der Waals surface area contributed by atoms with Crippen LogP contribution < -0.4 is 0 Å². The Bertz CT molecular complexity index is 255. The Kier molecular flexibility index (Phi) is 3.75. The van der Waals surface area contributed by atoms with Crippen LogP contribution in [0.1, 0.15) is 58.6 Å². The van der Waals surface area contributed by atoms with E-state index in [1.165, 1.54) is 0 Å². The fraction of sp³-hybridized carbons (Fsp3) is 0.900. The normalized spacial score (nSPS) is 21.0. The number of methoxy groups -OCH3 is 1. The minimum Gasteiger partial charge on any atom is -0.469 e. The summed E-state index contributed by atoms with van der Waals surface area (Å²) in [5.41, 5.74) is 0. The zero-order valence-corrected chi connectivity index (χ0v) is 7.72. The summed E-state index contributed by atoms with van der Waals surface area (Å²) in [5, 5.41) is 0. The van der Waals surface area contributed by atoms with E-state index in [0.29, 0.717) is 6.42 Å². The standard InChI is InChI=1S/C10H20O2/c1-3-4-5-6-7-8-9-10(11)12-2/h3-9H2,1-2H3/i7D,8D2,9D2. The molecule has 0 rings (SSSR count). The molecule has 0 bridgehead atoms. The number of carbonyl (C=O) groups is 1. The predicted octanol–water partition coefficient (Wildman–Crippen LogP) is 2.91. The van der Waals surface area contributed by atoms with Gasteiger partial charge < -0.3 is 4.74 Å². The van der Waals surface area contributed by atoms with Crippen LogP contribution in [0.2, 0.25) is 0 Å². The van der Waals surface area contributed by atoms with Crippen molar-refractivity contribution in [3.63, 3.8) is 0 Å². The number of rotatable bonds is 7. The maximum absolute atomic E-state index is 11.2. The van der Waals surface area contributed by atoms with Crippen molar-refractivity contribution in [2.75, 3.05) is 7.11 Å². The molecule has 1 unspecified atom stereocenters. The zero-order chi connectivity index (χ0) is 13.7. The van der Waals surface area contributed by atoms with Crippen LogP contribution in [0.4, 0.5) is 0 Å². The first-order valence-corrected chi connectivity index (χ1v) is 4.22. The van der Waals surface area contributed by atoms with Gasteiger partial charge in [-0.1, -0.05) is 39.0 Å². The summed E-state index contributed by atoms with van der Waals surface area (Å²) in [6, 6.07) is 0. The van der Waals surface area contributed by atoms with Gasteiger partial charge in [0.1, 0.15) is 0 Å². The fourth-order valence-electron chi connectivity index (χ4n) is 0.730. The summed E-state index contributed by atoms with van der Waals surface area (Å²) in [6.45, 7) is 1.99. The van der Waals surface area contributed by atoms with E-state index in [2.05, 4.69) is 4.74 Å². The van der Waals surface area contributed by atoms with Gasteiger partial charge in [-0.05, 0) is 6.37 Å². The lowest BCUT2D eigenvalue weighted by Gasteiger charge is -1.99. The lowest BCUT2D eigenvalue weighted by atomic mass is 10.1. The molecule has 0 aromatic rings. The number of carbonyl (C=O) groups excluding carboxylic acids is 1. The van der Waals surface area contributed by atoms with E-state index in [-0.39, 0.29) is 6.42 Å². The first kappa shape index (κ1) is 5.25. The number of esters is 1. The molecular formula is C10H20O2. The van der Waals surface area contributed by atoms with Crippen LogP contribution in [-0.4, -0.2) is 13.1 Å². The summed E-state index contributed by atoms with van der Waals surface area (Å²) in [7, 11) is 1.01. The molecule has 0 saturated carbocycles. The van der Waals surface area contributed by atoms with Crippen LogP contribution in [0, 0.1) is 0 Å². The van der Waals surface area contributed by atoms with Crippen molar-refractivity contribution in [2.24, 2.45) is 0 Å². The molecule has 2 nitrogen and oxygen atoms in total. The molecule has 12 heavy (non-hydrogen) atoms. The molecule has 2 heteroatoms. The highest BCUT2D eigenvalue weighted by molar-refractivity contribution is 5.68. The van der Waals surface area contributed by atoms with Crippen LogP contribution >= 0.6 is 0 Å². The third kappa shape index (κ3) is 7.58. The number of hydrogen-bond donors (Lipinski definition) is 0. The minimum absolute atomic E-state index is 0.233. The van der Waals surface area contributed by atoms with Gasteiger partial charge in [0.15, 0.2) is 0 Å². The van der Waals surface area contributed by atoms with E-state index in [1.807, 2.05) is 6.92 Å². The van der Waals surface area contributed by atoms with Gasteiger partial charge in [0.2, 0.25) is 0 Å². The Morgan fingerprint density at radius 2 is 2.17 bits per heavy atom. The smallest absolute Gasteiger partial charge is 0.305 e. The summed E-state index contributed by atoms with van der Waals surface area (Å²) in [6.07, 6.45) is -3.91. The maximum Gasteiger partial charge on any atom is 0.305 e. The van der Waals surface area contributed by atoms with Gasteiger partial charge in [0, 0.05) is 13.2 Å². The van der Waals surface area contributed by atoms with Crippen molar-refractivity contribution >= 4 is 5.97 Å². The lowest BCUT2D eigenvalue weighted by Crippen LogP contribution is -1.98. The van der Waals surface area contributed by atoms with Gasteiger partial charge in [0.25, 0.3) is 0 Å². The lowest BCUT2D eigenvalue weighted by molar-refractivity contribution is -0.140. The molecule has 0 heterocycles. The zero-order valence-electron chi connectivity index (χ0n) is 12.7. The van der Waals surface area contributed by atoms with E-state index in [0.717, 1.165) is 20.0 Å². The van der Waals surface area contributed by atoms with Crippen molar-refractivity contribution in [3.05, 3.63) is 0 Å². The van der Waals surface area contributed by atoms with Crippen LogP contribution in [0.25, 0.3) is 0 Å². The van der Waals surface area contributed by atoms with Crippen LogP contribution in [-0.2, 0) is 9.53 Å². The van der Waals surface area contributed by atoms with Gasteiger partial charge in [-0.2, -0.15) is 0 Å². The van der Waals surface area contributed by atoms with Gasteiger partial charge in [-0.3, -0.25) is 4.79 Å². The average Bonchev–Trinajstić information content (AvgIpc) is 2.27. The maximum atomic E-state index is 11.2. The second kappa shape index (κ2) is 8.57. The molecule has 0 aromatic carbocycles. The van der Waals surface area contributed by atoms with Crippen molar-refractivity contribution in [1.29, 1.82) is 0 Å². The number of hydrogen-bond acceptors (Lipinski definition) is 2. The van der Waals surface area contributed by atoms with E-state index >= 15 is 0 Å². The van der Waals surface area contributed by atoms with Crippen molar-refractivity contribution in [1.82, 2.24) is 0 Å². The Morgan fingerprint density at radius 1 is 1.42 bits per heavy atom.